The van der Waals surface area contributed by atoms with Gasteiger partial charge in [0.1, 0.15) is 18.2 Å². The van der Waals surface area contributed by atoms with Crippen LogP contribution >= 0.6 is 0 Å². The van der Waals surface area contributed by atoms with Gasteiger partial charge in [-0.2, -0.15) is 0 Å². The lowest BCUT2D eigenvalue weighted by atomic mass is 10.2. The number of fused-ring (bicyclic) bond motifs is 1. The van der Waals surface area contributed by atoms with Crippen LogP contribution in [0.25, 0.3) is 28.1 Å². The Morgan fingerprint density at radius 1 is 1.03 bits per heavy atom. The smallest absolute Gasteiger partial charge is 0.338 e. The minimum Gasteiger partial charge on any atom is -0.457 e. The number of carbonyl (C=O) groups excluding carboxylic acids is 1. The first-order chi connectivity index (χ1) is 18.7. The average Bonchev–Trinajstić information content (AvgIpc) is 3.36. The Kier molecular flexibility index (Phi) is 6.54. The number of hydrogen-bond acceptors (Lipinski definition) is 7. The molecule has 0 N–H and O–H groups in total. The van der Waals surface area contributed by atoms with Crippen molar-refractivity contribution >= 4 is 22.8 Å². The van der Waals surface area contributed by atoms with E-state index in [-0.39, 0.29) is 18.7 Å². The van der Waals surface area contributed by atoms with Crippen LogP contribution in [0.5, 0.6) is 0 Å². The Hall–Kier alpha value is -4.56. The lowest BCUT2D eigenvalue weighted by molar-refractivity contribution is 0.0472. The molecule has 190 valence electrons. The number of nitrogens with zero attached hydrogens (tertiary/aromatic N) is 5. The third-order valence-electron chi connectivity index (χ3n) is 6.60. The molecular formula is C30H27N5O3. The van der Waals surface area contributed by atoms with Gasteiger partial charge in [0, 0.05) is 36.7 Å². The molecule has 1 fully saturated rings. The van der Waals surface area contributed by atoms with Gasteiger partial charge in [-0.1, -0.05) is 30.3 Å². The van der Waals surface area contributed by atoms with Crippen molar-refractivity contribution in [1.82, 2.24) is 19.5 Å². The Balaban J connectivity index is 1.28. The van der Waals surface area contributed by atoms with Gasteiger partial charge in [0.2, 0.25) is 0 Å². The number of benzene rings is 2. The van der Waals surface area contributed by atoms with Gasteiger partial charge in [-0.15, -0.1) is 0 Å². The van der Waals surface area contributed by atoms with Crippen LogP contribution in [-0.4, -0.2) is 51.3 Å². The molecule has 1 aliphatic heterocycles. The first-order valence-corrected chi connectivity index (χ1v) is 12.6. The topological polar surface area (TPSA) is 82.4 Å². The van der Waals surface area contributed by atoms with Gasteiger partial charge < -0.3 is 14.4 Å². The van der Waals surface area contributed by atoms with E-state index in [0.29, 0.717) is 12.2 Å². The van der Waals surface area contributed by atoms with Crippen LogP contribution in [0.15, 0.2) is 91.4 Å². The number of pyridine rings is 2. The number of carbonyl (C=O) groups is 1. The van der Waals surface area contributed by atoms with Gasteiger partial charge in [0.05, 0.1) is 35.5 Å². The molecule has 0 bridgehead atoms. The fraction of sp³-hybridized carbons (Fsp3) is 0.200. The van der Waals surface area contributed by atoms with E-state index in [1.165, 1.54) is 0 Å². The summed E-state index contributed by atoms with van der Waals surface area (Å²) in [4.78, 5) is 28.8. The van der Waals surface area contributed by atoms with Crippen LogP contribution in [0.3, 0.4) is 0 Å². The molecule has 0 aliphatic carbocycles. The highest BCUT2D eigenvalue weighted by Crippen LogP contribution is 2.29. The van der Waals surface area contributed by atoms with Gasteiger partial charge in [-0.3, -0.25) is 9.55 Å². The summed E-state index contributed by atoms with van der Waals surface area (Å²) in [5, 5.41) is 0. The van der Waals surface area contributed by atoms with Crippen molar-refractivity contribution in [3.8, 4) is 17.1 Å². The van der Waals surface area contributed by atoms with Crippen LogP contribution in [0, 0.1) is 0 Å². The van der Waals surface area contributed by atoms with Gasteiger partial charge >= 0.3 is 5.97 Å². The molecule has 0 amide bonds. The summed E-state index contributed by atoms with van der Waals surface area (Å²) in [5.41, 5.74) is 4.88. The molecule has 1 saturated heterocycles. The number of aromatic nitrogens is 4. The summed E-state index contributed by atoms with van der Waals surface area (Å²) in [6, 6.07) is 22.9. The predicted molar refractivity (Wildman–Crippen MR) is 145 cm³/mol. The molecule has 3 aromatic heterocycles. The van der Waals surface area contributed by atoms with Crippen molar-refractivity contribution < 1.29 is 14.3 Å². The molecule has 6 rings (SSSR count). The maximum atomic E-state index is 12.6. The van der Waals surface area contributed by atoms with Gasteiger partial charge in [0.25, 0.3) is 0 Å². The number of hydrogen-bond donors (Lipinski definition) is 0. The van der Waals surface area contributed by atoms with Gasteiger partial charge in [-0.05, 0) is 55.0 Å². The summed E-state index contributed by atoms with van der Waals surface area (Å²) in [7, 11) is 0. The van der Waals surface area contributed by atoms with Crippen molar-refractivity contribution in [2.75, 3.05) is 24.6 Å². The van der Waals surface area contributed by atoms with E-state index in [2.05, 4.69) is 16.8 Å². The number of rotatable bonds is 6. The molecule has 1 unspecified atom stereocenters. The second kappa shape index (κ2) is 10.4. The van der Waals surface area contributed by atoms with E-state index in [0.717, 1.165) is 52.6 Å². The molecule has 4 heterocycles. The molecule has 0 radical (unpaired) electrons. The molecule has 8 nitrogen and oxygen atoms in total. The fourth-order valence-corrected chi connectivity index (χ4v) is 4.66. The van der Waals surface area contributed by atoms with E-state index >= 15 is 0 Å². The molecule has 38 heavy (non-hydrogen) atoms. The van der Waals surface area contributed by atoms with Crippen molar-refractivity contribution in [3.05, 3.63) is 103 Å². The standard InChI is InChI=1S/C30H27N5O3/c1-21-19-34(15-16-37-21)28-12-9-24(17-32-28)29-33-26-13-14-31-18-27(26)35(29)25-10-7-23(8-11-25)30(36)38-20-22-5-3-2-4-6-22/h2-14,17-18,21H,15-16,19-20H2,1H3. The number of esters is 1. The fourth-order valence-electron chi connectivity index (χ4n) is 4.66. The van der Waals surface area contributed by atoms with Crippen molar-refractivity contribution in [2.45, 2.75) is 19.6 Å². The molecule has 0 saturated carbocycles. The second-order valence-corrected chi connectivity index (χ2v) is 9.28. The van der Waals surface area contributed by atoms with Crippen LogP contribution in [0.4, 0.5) is 5.82 Å². The Morgan fingerprint density at radius 3 is 2.63 bits per heavy atom. The van der Waals surface area contributed by atoms with E-state index < -0.39 is 0 Å². The van der Waals surface area contributed by atoms with Crippen LogP contribution < -0.4 is 4.90 Å². The van der Waals surface area contributed by atoms with E-state index in [1.807, 2.05) is 71.4 Å². The third-order valence-corrected chi connectivity index (χ3v) is 6.60. The van der Waals surface area contributed by atoms with Gasteiger partial charge in [-0.25, -0.2) is 14.8 Å². The molecule has 0 spiro atoms. The minimum absolute atomic E-state index is 0.181. The second-order valence-electron chi connectivity index (χ2n) is 9.28. The molecule has 5 aromatic rings. The van der Waals surface area contributed by atoms with Crippen LogP contribution in [-0.2, 0) is 16.1 Å². The summed E-state index contributed by atoms with van der Waals surface area (Å²) >= 11 is 0. The van der Waals surface area contributed by atoms with E-state index in [4.69, 9.17) is 19.4 Å². The van der Waals surface area contributed by atoms with Crippen molar-refractivity contribution in [3.63, 3.8) is 0 Å². The zero-order valence-electron chi connectivity index (χ0n) is 21.0. The van der Waals surface area contributed by atoms with Crippen LogP contribution in [0.2, 0.25) is 0 Å². The minimum atomic E-state index is -0.366. The highest BCUT2D eigenvalue weighted by atomic mass is 16.5. The molecular weight excluding hydrogens is 478 g/mol. The Labute approximate surface area is 220 Å². The lowest BCUT2D eigenvalue weighted by Gasteiger charge is -2.32. The highest BCUT2D eigenvalue weighted by Gasteiger charge is 2.20. The molecule has 8 heteroatoms. The first kappa shape index (κ1) is 23.8. The summed E-state index contributed by atoms with van der Waals surface area (Å²) in [6.45, 7) is 4.64. The maximum absolute atomic E-state index is 12.6. The quantitative estimate of drug-likeness (QED) is 0.298. The summed E-state index contributed by atoms with van der Waals surface area (Å²) in [6.07, 6.45) is 5.57. The van der Waals surface area contributed by atoms with Crippen molar-refractivity contribution in [2.24, 2.45) is 0 Å². The number of morpholine rings is 1. The largest absolute Gasteiger partial charge is 0.457 e. The Bertz CT molecular complexity index is 1550. The predicted octanol–water partition coefficient (Wildman–Crippen LogP) is 5.06. The molecule has 2 aromatic carbocycles. The zero-order chi connectivity index (χ0) is 25.9. The summed E-state index contributed by atoms with van der Waals surface area (Å²) in [5.74, 6) is 1.31. The van der Waals surface area contributed by atoms with Gasteiger partial charge in [0.15, 0.2) is 0 Å². The molecule has 1 aliphatic rings. The number of ether oxygens (including phenoxy) is 2. The zero-order valence-corrected chi connectivity index (χ0v) is 21.0. The molecule has 1 atom stereocenters. The highest BCUT2D eigenvalue weighted by molar-refractivity contribution is 5.90. The van der Waals surface area contributed by atoms with Crippen molar-refractivity contribution in [1.29, 1.82) is 0 Å². The summed E-state index contributed by atoms with van der Waals surface area (Å²) < 4.78 is 13.2. The normalized spacial score (nSPS) is 15.5. The number of imidazole rings is 1. The van der Waals surface area contributed by atoms with E-state index in [9.17, 15) is 4.79 Å². The number of anilines is 1. The monoisotopic (exact) mass is 505 g/mol. The van der Waals surface area contributed by atoms with E-state index in [1.54, 1.807) is 24.5 Å². The Morgan fingerprint density at radius 2 is 1.87 bits per heavy atom. The lowest BCUT2D eigenvalue weighted by Crippen LogP contribution is -2.41. The average molecular weight is 506 g/mol. The maximum Gasteiger partial charge on any atom is 0.338 e. The first-order valence-electron chi connectivity index (χ1n) is 12.6. The third kappa shape index (κ3) is 4.86. The SMILES string of the molecule is CC1CN(c2ccc(-c3nc4ccncc4n3-c3ccc(C(=O)OCc4ccccc4)cc3)cn2)CCO1. The van der Waals surface area contributed by atoms with Crippen LogP contribution in [0.1, 0.15) is 22.8 Å².